The summed E-state index contributed by atoms with van der Waals surface area (Å²) in [6, 6.07) is 15.7. The Labute approximate surface area is 158 Å². The van der Waals surface area contributed by atoms with Crippen molar-refractivity contribution in [3.8, 4) is 5.75 Å². The molecule has 1 heterocycles. The lowest BCUT2D eigenvalue weighted by Crippen LogP contribution is -2.36. The molecule has 0 unspecified atom stereocenters. The molecule has 0 atom stereocenters. The van der Waals surface area contributed by atoms with E-state index in [-0.39, 0.29) is 12.3 Å². The average molecular weight is 368 g/mol. The van der Waals surface area contributed by atoms with Crippen molar-refractivity contribution in [3.05, 3.63) is 59.7 Å². The summed E-state index contributed by atoms with van der Waals surface area (Å²) in [5.74, 6) is -0.119. The van der Waals surface area contributed by atoms with Crippen molar-refractivity contribution in [3.63, 3.8) is 0 Å². The number of hydrogen-bond acceptors (Lipinski definition) is 4. The number of anilines is 1. The van der Waals surface area contributed by atoms with Crippen LogP contribution in [0.25, 0.3) is 0 Å². The summed E-state index contributed by atoms with van der Waals surface area (Å²) in [6.07, 6.45) is 1.57. The standard InChI is InChI=1S/C21H24N2O4/c24-20(15-23-12-11-17-4-1-2-5-19(17)23)22-14-16-7-9-18(10-8-16)27-13-3-6-21(25)26/h1-2,4-5,7-10H,3,6,11-15H2,(H,22,24)(H,25,26). The highest BCUT2D eigenvalue weighted by Crippen LogP contribution is 2.26. The van der Waals surface area contributed by atoms with Crippen LogP contribution < -0.4 is 15.0 Å². The predicted octanol–water partition coefficient (Wildman–Crippen LogP) is 2.61. The second kappa shape index (κ2) is 9.07. The van der Waals surface area contributed by atoms with Crippen LogP contribution in [0.1, 0.15) is 24.0 Å². The fourth-order valence-electron chi connectivity index (χ4n) is 3.12. The first-order valence-corrected chi connectivity index (χ1v) is 9.15. The van der Waals surface area contributed by atoms with Gasteiger partial charge in [0.2, 0.25) is 5.91 Å². The number of carboxylic acid groups (broad SMARTS) is 1. The van der Waals surface area contributed by atoms with Crippen molar-refractivity contribution < 1.29 is 19.4 Å². The number of carbonyl (C=O) groups excluding carboxylic acids is 1. The van der Waals surface area contributed by atoms with Crippen molar-refractivity contribution in [2.24, 2.45) is 0 Å². The topological polar surface area (TPSA) is 78.9 Å². The Balaban J connectivity index is 1.41. The molecule has 2 aromatic carbocycles. The van der Waals surface area contributed by atoms with E-state index in [1.807, 2.05) is 36.4 Å². The molecular weight excluding hydrogens is 344 g/mol. The van der Waals surface area contributed by atoms with Crippen LogP contribution in [0.2, 0.25) is 0 Å². The van der Waals surface area contributed by atoms with Crippen molar-refractivity contribution in [1.82, 2.24) is 5.32 Å². The van der Waals surface area contributed by atoms with Crippen LogP contribution in [0.5, 0.6) is 5.75 Å². The Hall–Kier alpha value is -3.02. The second-order valence-corrected chi connectivity index (χ2v) is 6.57. The van der Waals surface area contributed by atoms with Gasteiger partial charge in [0.25, 0.3) is 0 Å². The Bertz CT molecular complexity index is 789. The molecule has 0 radical (unpaired) electrons. The molecule has 142 valence electrons. The minimum atomic E-state index is -0.817. The molecule has 27 heavy (non-hydrogen) atoms. The number of carbonyl (C=O) groups is 2. The second-order valence-electron chi connectivity index (χ2n) is 6.57. The first-order chi connectivity index (χ1) is 13.1. The molecular formula is C21H24N2O4. The predicted molar refractivity (Wildman–Crippen MR) is 103 cm³/mol. The van der Waals surface area contributed by atoms with Gasteiger partial charge in [0.15, 0.2) is 0 Å². The minimum absolute atomic E-state index is 0.000648. The quantitative estimate of drug-likeness (QED) is 0.665. The van der Waals surface area contributed by atoms with E-state index in [1.54, 1.807) is 0 Å². The maximum absolute atomic E-state index is 12.3. The van der Waals surface area contributed by atoms with Crippen molar-refractivity contribution in [1.29, 1.82) is 0 Å². The molecule has 2 aromatic rings. The smallest absolute Gasteiger partial charge is 0.303 e. The maximum atomic E-state index is 12.3. The van der Waals surface area contributed by atoms with Gasteiger partial charge in [-0.2, -0.15) is 0 Å². The van der Waals surface area contributed by atoms with Crippen molar-refractivity contribution >= 4 is 17.6 Å². The number of para-hydroxylation sites is 1. The molecule has 1 amide bonds. The van der Waals surface area contributed by atoms with Crippen LogP contribution in [0, 0.1) is 0 Å². The largest absolute Gasteiger partial charge is 0.494 e. The molecule has 1 aliphatic rings. The Morgan fingerprint density at radius 1 is 1.11 bits per heavy atom. The summed E-state index contributed by atoms with van der Waals surface area (Å²) in [6.45, 7) is 2.08. The van der Waals surface area contributed by atoms with Gasteiger partial charge in [-0.15, -0.1) is 0 Å². The van der Waals surface area contributed by atoms with Gasteiger partial charge in [-0.1, -0.05) is 30.3 Å². The number of aliphatic carboxylic acids is 1. The summed E-state index contributed by atoms with van der Waals surface area (Å²) >= 11 is 0. The number of amides is 1. The van der Waals surface area contributed by atoms with Crippen LogP contribution in [-0.4, -0.2) is 36.7 Å². The highest BCUT2D eigenvalue weighted by molar-refractivity contribution is 5.82. The van der Waals surface area contributed by atoms with E-state index in [1.165, 1.54) is 5.56 Å². The van der Waals surface area contributed by atoms with Crippen LogP contribution >= 0.6 is 0 Å². The van der Waals surface area contributed by atoms with Crippen molar-refractivity contribution in [2.75, 3.05) is 24.6 Å². The number of ether oxygens (including phenoxy) is 1. The van der Waals surface area contributed by atoms with Gasteiger partial charge in [0, 0.05) is 25.2 Å². The van der Waals surface area contributed by atoms with E-state index >= 15 is 0 Å². The number of carboxylic acids is 1. The zero-order valence-electron chi connectivity index (χ0n) is 15.2. The molecule has 6 nitrogen and oxygen atoms in total. The van der Waals surface area contributed by atoms with Gasteiger partial charge in [0.05, 0.1) is 13.2 Å². The van der Waals surface area contributed by atoms with Crippen LogP contribution in [-0.2, 0) is 22.6 Å². The lowest BCUT2D eigenvalue weighted by atomic mass is 10.2. The average Bonchev–Trinajstić information content (AvgIpc) is 3.07. The summed E-state index contributed by atoms with van der Waals surface area (Å²) in [5, 5.41) is 11.6. The molecule has 0 aromatic heterocycles. The Morgan fingerprint density at radius 2 is 1.89 bits per heavy atom. The van der Waals surface area contributed by atoms with Crippen LogP contribution in [0.4, 0.5) is 5.69 Å². The van der Waals surface area contributed by atoms with Gasteiger partial charge in [-0.05, 0) is 42.2 Å². The molecule has 0 aliphatic carbocycles. The number of nitrogens with one attached hydrogen (secondary N) is 1. The van der Waals surface area contributed by atoms with Crippen LogP contribution in [0.15, 0.2) is 48.5 Å². The molecule has 3 rings (SSSR count). The minimum Gasteiger partial charge on any atom is -0.494 e. The summed E-state index contributed by atoms with van der Waals surface area (Å²) in [5.41, 5.74) is 3.43. The summed E-state index contributed by atoms with van der Waals surface area (Å²) < 4.78 is 5.50. The Morgan fingerprint density at radius 3 is 2.67 bits per heavy atom. The molecule has 2 N–H and O–H groups in total. The summed E-state index contributed by atoms with van der Waals surface area (Å²) in [4.78, 5) is 24.8. The molecule has 0 saturated carbocycles. The van der Waals surface area contributed by atoms with Crippen molar-refractivity contribution in [2.45, 2.75) is 25.8 Å². The Kier molecular flexibility index (Phi) is 6.30. The molecule has 0 saturated heterocycles. The van der Waals surface area contributed by atoms with E-state index in [0.717, 1.165) is 24.2 Å². The van der Waals surface area contributed by atoms with Gasteiger partial charge < -0.3 is 20.1 Å². The molecule has 6 heteroatoms. The monoisotopic (exact) mass is 368 g/mol. The van der Waals surface area contributed by atoms with Gasteiger partial charge in [-0.25, -0.2) is 0 Å². The summed E-state index contributed by atoms with van der Waals surface area (Å²) in [7, 11) is 0. The third kappa shape index (κ3) is 5.48. The van der Waals surface area contributed by atoms with E-state index in [2.05, 4.69) is 22.3 Å². The number of rotatable bonds is 9. The molecule has 0 fully saturated rings. The first-order valence-electron chi connectivity index (χ1n) is 9.15. The lowest BCUT2D eigenvalue weighted by Gasteiger charge is -2.18. The third-order valence-electron chi connectivity index (χ3n) is 4.53. The van der Waals surface area contributed by atoms with Gasteiger partial charge in [0.1, 0.15) is 5.75 Å². The fraction of sp³-hybridized carbons (Fsp3) is 0.333. The number of hydrogen-bond donors (Lipinski definition) is 2. The molecule has 0 spiro atoms. The van der Waals surface area contributed by atoms with E-state index < -0.39 is 5.97 Å². The molecule has 0 bridgehead atoms. The van der Waals surface area contributed by atoms with Gasteiger partial charge >= 0.3 is 5.97 Å². The highest BCUT2D eigenvalue weighted by atomic mass is 16.5. The zero-order chi connectivity index (χ0) is 19.1. The SMILES string of the molecule is O=C(O)CCCOc1ccc(CNC(=O)CN2CCc3ccccc32)cc1. The fourth-order valence-corrected chi connectivity index (χ4v) is 3.12. The van der Waals surface area contributed by atoms with Gasteiger partial charge in [-0.3, -0.25) is 9.59 Å². The highest BCUT2D eigenvalue weighted by Gasteiger charge is 2.20. The van der Waals surface area contributed by atoms with E-state index in [0.29, 0.717) is 31.9 Å². The maximum Gasteiger partial charge on any atom is 0.303 e. The number of fused-ring (bicyclic) bond motifs is 1. The number of benzene rings is 2. The normalized spacial score (nSPS) is 12.5. The van der Waals surface area contributed by atoms with E-state index in [4.69, 9.17) is 9.84 Å². The zero-order valence-corrected chi connectivity index (χ0v) is 15.2. The first kappa shape index (κ1) is 18.8. The van der Waals surface area contributed by atoms with E-state index in [9.17, 15) is 9.59 Å². The number of nitrogens with zero attached hydrogens (tertiary/aromatic N) is 1. The van der Waals surface area contributed by atoms with Crippen LogP contribution in [0.3, 0.4) is 0 Å². The molecule has 1 aliphatic heterocycles. The third-order valence-corrected chi connectivity index (χ3v) is 4.53. The lowest BCUT2D eigenvalue weighted by molar-refractivity contribution is -0.137.